The molecule has 0 aromatic carbocycles. The summed E-state index contributed by atoms with van der Waals surface area (Å²) in [6.45, 7) is 0.357. The van der Waals surface area contributed by atoms with Crippen LogP contribution < -0.4 is 16.8 Å². The number of nitrogens with one attached hydrogen (secondary N) is 1. The molecule has 0 spiro atoms. The molecule has 2 amide bonds. The van der Waals surface area contributed by atoms with Crippen molar-refractivity contribution in [3.63, 3.8) is 0 Å². The van der Waals surface area contributed by atoms with Crippen LogP contribution in [0.2, 0.25) is 0 Å². The number of carboxylic acids is 1. The molecular formula is C6H14KN3O3. The topological polar surface area (TPSA) is 118 Å². The summed E-state index contributed by atoms with van der Waals surface area (Å²) in [5.74, 6) is -1.03. The Morgan fingerprint density at radius 2 is 2.00 bits per heavy atom. The van der Waals surface area contributed by atoms with Gasteiger partial charge in [-0.1, -0.05) is 0 Å². The summed E-state index contributed by atoms with van der Waals surface area (Å²) < 4.78 is 0. The molecule has 72 valence electrons. The predicted molar refractivity (Wildman–Crippen MR) is 49.6 cm³/mol. The normalized spacial score (nSPS) is 11.2. The van der Waals surface area contributed by atoms with Crippen molar-refractivity contribution in [3.8, 4) is 0 Å². The number of nitrogens with two attached hydrogens (primary N) is 2. The SMILES string of the molecule is NC(=O)NCCC[C@H](N)C(=O)O.[KH]. The Hall–Kier alpha value is 0.336. The van der Waals surface area contributed by atoms with E-state index in [4.69, 9.17) is 16.6 Å². The van der Waals surface area contributed by atoms with Gasteiger partial charge in [-0.25, -0.2) is 4.79 Å². The minimum atomic E-state index is -1.03. The van der Waals surface area contributed by atoms with E-state index in [-0.39, 0.29) is 51.4 Å². The Kier molecular flexibility index (Phi) is 10.8. The van der Waals surface area contributed by atoms with Gasteiger partial charge >= 0.3 is 63.4 Å². The Labute approximate surface area is 119 Å². The van der Waals surface area contributed by atoms with Gasteiger partial charge < -0.3 is 21.9 Å². The molecule has 0 aromatic heterocycles. The molecule has 0 aliphatic heterocycles. The van der Waals surface area contributed by atoms with Gasteiger partial charge in [-0.15, -0.1) is 0 Å². The first-order valence-electron chi connectivity index (χ1n) is 3.55. The quantitative estimate of drug-likeness (QED) is 0.319. The molecule has 0 aromatic rings. The summed E-state index contributed by atoms with van der Waals surface area (Å²) in [5, 5.41) is 10.7. The van der Waals surface area contributed by atoms with Crippen molar-refractivity contribution in [2.75, 3.05) is 6.54 Å². The molecule has 0 unspecified atom stereocenters. The van der Waals surface area contributed by atoms with Crippen molar-refractivity contribution in [1.29, 1.82) is 0 Å². The van der Waals surface area contributed by atoms with Crippen LogP contribution in [0.4, 0.5) is 4.79 Å². The maximum absolute atomic E-state index is 10.2. The van der Waals surface area contributed by atoms with Crippen LogP contribution in [0.5, 0.6) is 0 Å². The summed E-state index contributed by atoms with van der Waals surface area (Å²) >= 11 is 0. The van der Waals surface area contributed by atoms with Gasteiger partial charge in [0.1, 0.15) is 6.04 Å². The number of hydrogen-bond acceptors (Lipinski definition) is 3. The number of amides is 2. The summed E-state index contributed by atoms with van der Waals surface area (Å²) in [5.41, 5.74) is 9.96. The van der Waals surface area contributed by atoms with E-state index >= 15 is 0 Å². The molecule has 0 saturated heterocycles. The second kappa shape index (κ2) is 8.91. The van der Waals surface area contributed by atoms with Crippen molar-refractivity contribution in [2.24, 2.45) is 11.5 Å². The zero-order valence-electron chi connectivity index (χ0n) is 6.62. The second-order valence-corrected chi connectivity index (χ2v) is 2.38. The van der Waals surface area contributed by atoms with E-state index in [1.54, 1.807) is 0 Å². The second-order valence-electron chi connectivity index (χ2n) is 2.38. The van der Waals surface area contributed by atoms with Gasteiger partial charge in [0.15, 0.2) is 0 Å². The third-order valence-electron chi connectivity index (χ3n) is 1.31. The number of rotatable bonds is 5. The first kappa shape index (κ1) is 15.8. The summed E-state index contributed by atoms with van der Waals surface area (Å²) in [4.78, 5) is 20.3. The molecule has 0 aliphatic carbocycles. The maximum atomic E-state index is 10.2. The van der Waals surface area contributed by atoms with Gasteiger partial charge in [0.05, 0.1) is 0 Å². The van der Waals surface area contributed by atoms with Gasteiger partial charge in [-0.3, -0.25) is 4.79 Å². The molecule has 0 heterocycles. The molecule has 0 radical (unpaired) electrons. The van der Waals surface area contributed by atoms with Crippen molar-refractivity contribution in [2.45, 2.75) is 18.9 Å². The van der Waals surface area contributed by atoms with Gasteiger partial charge in [0, 0.05) is 6.54 Å². The number of primary amides is 1. The summed E-state index contributed by atoms with van der Waals surface area (Å²) in [7, 11) is 0. The number of carboxylic acid groups (broad SMARTS) is 1. The molecule has 0 aliphatic rings. The van der Waals surface area contributed by atoms with Crippen LogP contribution in [0.1, 0.15) is 12.8 Å². The fourth-order valence-electron chi connectivity index (χ4n) is 0.657. The fraction of sp³-hybridized carbons (Fsp3) is 0.667. The van der Waals surface area contributed by atoms with Crippen LogP contribution >= 0.6 is 0 Å². The van der Waals surface area contributed by atoms with Crippen LogP contribution in [0.25, 0.3) is 0 Å². The number of urea groups is 1. The van der Waals surface area contributed by atoms with Crippen LogP contribution in [0.15, 0.2) is 0 Å². The summed E-state index contributed by atoms with van der Waals surface area (Å²) in [6.07, 6.45) is 0.839. The number of carbonyl (C=O) groups excluding carboxylic acids is 1. The Balaban J connectivity index is 0. The van der Waals surface area contributed by atoms with Gasteiger partial charge in [0.2, 0.25) is 0 Å². The third-order valence-corrected chi connectivity index (χ3v) is 1.31. The van der Waals surface area contributed by atoms with E-state index in [0.717, 1.165) is 0 Å². The van der Waals surface area contributed by atoms with Crippen LogP contribution in [0, 0.1) is 0 Å². The van der Waals surface area contributed by atoms with Gasteiger partial charge in [-0.2, -0.15) is 0 Å². The van der Waals surface area contributed by atoms with Crippen LogP contribution in [-0.2, 0) is 4.79 Å². The zero-order chi connectivity index (χ0) is 9.56. The van der Waals surface area contributed by atoms with Crippen LogP contribution in [0.3, 0.4) is 0 Å². The van der Waals surface area contributed by atoms with Crippen LogP contribution in [-0.4, -0.2) is 81.1 Å². The first-order chi connectivity index (χ1) is 5.54. The first-order valence-corrected chi connectivity index (χ1v) is 3.55. The fourth-order valence-corrected chi connectivity index (χ4v) is 0.657. The Bertz CT molecular complexity index is 177. The molecule has 13 heavy (non-hydrogen) atoms. The summed E-state index contributed by atoms with van der Waals surface area (Å²) in [6, 6.07) is -1.47. The van der Waals surface area contributed by atoms with E-state index < -0.39 is 18.0 Å². The Morgan fingerprint density at radius 1 is 1.46 bits per heavy atom. The zero-order valence-corrected chi connectivity index (χ0v) is 6.62. The predicted octanol–water partition coefficient (Wildman–Crippen LogP) is -1.80. The third kappa shape index (κ3) is 10.3. The molecule has 0 saturated carbocycles. The van der Waals surface area contributed by atoms with E-state index in [0.29, 0.717) is 19.4 Å². The van der Waals surface area contributed by atoms with Gasteiger partial charge in [0.25, 0.3) is 0 Å². The molecule has 6 N–H and O–H groups in total. The average molecular weight is 215 g/mol. The van der Waals surface area contributed by atoms with Crippen molar-refractivity contribution < 1.29 is 14.7 Å². The molecule has 0 rings (SSSR count). The van der Waals surface area contributed by atoms with Crippen molar-refractivity contribution >= 4 is 63.4 Å². The van der Waals surface area contributed by atoms with E-state index in [2.05, 4.69) is 5.32 Å². The standard InChI is InChI=1S/C6H13N3O3.K.H/c7-4(5(10)11)2-1-3-9-6(8)12;;/h4H,1-3,7H2,(H,10,11)(H3,8,9,12);;/t4-;;/m0../s1. The van der Waals surface area contributed by atoms with E-state index in [1.165, 1.54) is 0 Å². The molecule has 7 heteroatoms. The van der Waals surface area contributed by atoms with E-state index in [1.807, 2.05) is 0 Å². The molecule has 6 nitrogen and oxygen atoms in total. The number of carbonyl (C=O) groups is 2. The average Bonchev–Trinajstić information content (AvgIpc) is 1.97. The minimum absolute atomic E-state index is 0. The molecule has 1 atom stereocenters. The van der Waals surface area contributed by atoms with Gasteiger partial charge in [-0.05, 0) is 12.8 Å². The van der Waals surface area contributed by atoms with E-state index in [9.17, 15) is 9.59 Å². The monoisotopic (exact) mass is 215 g/mol. The Morgan fingerprint density at radius 3 is 2.38 bits per heavy atom. The van der Waals surface area contributed by atoms with Crippen molar-refractivity contribution in [1.82, 2.24) is 5.32 Å². The van der Waals surface area contributed by atoms with Crippen molar-refractivity contribution in [3.05, 3.63) is 0 Å². The number of aliphatic carboxylic acids is 1. The molecule has 0 fully saturated rings. The molecule has 0 bridgehead atoms. The molecular weight excluding hydrogens is 201 g/mol. The number of hydrogen-bond donors (Lipinski definition) is 4.